The number of nitrogens with one attached hydrogen (secondary N) is 1. The molecule has 2 aliphatic rings. The molecule has 1 N–H and O–H groups in total. The molecule has 1 amide bonds. The molecular weight excluding hydrogens is 451 g/mol. The van der Waals surface area contributed by atoms with Crippen molar-refractivity contribution in [3.05, 3.63) is 0 Å². The number of hydrogen-bond acceptors (Lipinski definition) is 5. The quantitative estimate of drug-likeness (QED) is 0.502. The van der Waals surface area contributed by atoms with Crippen molar-refractivity contribution >= 4 is 81.5 Å². The minimum atomic E-state index is -1.94. The van der Waals surface area contributed by atoms with Crippen molar-refractivity contribution in [3.63, 3.8) is 0 Å². The Morgan fingerprint density at radius 3 is 1.71 bits per heavy atom. The van der Waals surface area contributed by atoms with Gasteiger partial charge in [0.25, 0.3) is 5.91 Å². The largest absolute Gasteiger partial charge is 0.451 e. The number of halogens is 6. The number of alkyl halides is 6. The Kier molecular flexibility index (Phi) is 5.79. The van der Waals surface area contributed by atoms with E-state index in [9.17, 15) is 9.59 Å². The Morgan fingerprint density at radius 2 is 1.42 bits per heavy atom. The summed E-state index contributed by atoms with van der Waals surface area (Å²) in [6.07, 6.45) is -2.24. The van der Waals surface area contributed by atoms with Crippen LogP contribution >= 0.6 is 69.6 Å². The van der Waals surface area contributed by atoms with Crippen LogP contribution in [-0.4, -0.2) is 43.2 Å². The van der Waals surface area contributed by atoms with Crippen molar-refractivity contribution in [1.29, 1.82) is 0 Å². The van der Waals surface area contributed by atoms with Gasteiger partial charge < -0.3 is 19.5 Å². The number of fused-ring (bicyclic) bond motifs is 1. The average molecular weight is 464 g/mol. The van der Waals surface area contributed by atoms with E-state index in [4.69, 9.17) is 83.8 Å². The molecule has 0 bridgehead atoms. The summed E-state index contributed by atoms with van der Waals surface area (Å²) >= 11 is 35.4. The lowest BCUT2D eigenvalue weighted by molar-refractivity contribution is -0.278. The van der Waals surface area contributed by atoms with E-state index in [1.54, 1.807) is 0 Å². The Bertz CT molecular complexity index is 485. The number of rotatable bonds is 2. The van der Waals surface area contributed by atoms with E-state index in [1.807, 2.05) is 0 Å². The van der Waals surface area contributed by atoms with E-state index < -0.39 is 43.2 Å². The third-order valence-corrected chi connectivity index (χ3v) is 5.12. The summed E-state index contributed by atoms with van der Waals surface area (Å²) in [4.78, 5) is 23.3. The highest BCUT2D eigenvalue weighted by molar-refractivity contribution is 6.68. The minimum absolute atomic E-state index is 0.0827. The highest BCUT2D eigenvalue weighted by atomic mass is 35.6. The topological polar surface area (TPSA) is 73.9 Å². The molecule has 2 rings (SSSR count). The lowest BCUT2D eigenvalue weighted by atomic mass is 9.91. The zero-order chi connectivity index (χ0) is 18.6. The average Bonchev–Trinajstić information content (AvgIpc) is 2.73. The number of carbonyl (C=O) groups is 2. The molecule has 2 saturated heterocycles. The number of carbonyl (C=O) groups excluding carboxylic acids is 2. The highest BCUT2D eigenvalue weighted by Gasteiger charge is 2.74. The first-order valence-electron chi connectivity index (χ1n) is 6.68. The SMILES string of the molecule is CC(=O)NC12O[C@H](C(Cl)(Cl)Cl)CC1(OC(C)=O)C[C@@H](C(Cl)(Cl)Cl)O2. The smallest absolute Gasteiger partial charge is 0.303 e. The van der Waals surface area contributed by atoms with E-state index in [-0.39, 0.29) is 12.8 Å². The summed E-state index contributed by atoms with van der Waals surface area (Å²) in [5.41, 5.74) is -1.52. The van der Waals surface area contributed by atoms with Crippen LogP contribution in [0.3, 0.4) is 0 Å². The maximum absolute atomic E-state index is 11.7. The molecule has 0 aromatic rings. The van der Waals surface area contributed by atoms with Crippen LogP contribution in [0.4, 0.5) is 0 Å². The molecule has 138 valence electrons. The molecule has 2 heterocycles. The molecule has 0 radical (unpaired) electrons. The van der Waals surface area contributed by atoms with Gasteiger partial charge in [-0.05, 0) is 0 Å². The van der Waals surface area contributed by atoms with Crippen molar-refractivity contribution in [1.82, 2.24) is 5.32 Å². The van der Waals surface area contributed by atoms with Gasteiger partial charge in [0.05, 0.1) is 0 Å². The first-order valence-corrected chi connectivity index (χ1v) is 8.95. The van der Waals surface area contributed by atoms with Crippen LogP contribution in [0, 0.1) is 0 Å². The molecule has 2 fully saturated rings. The van der Waals surface area contributed by atoms with Crippen molar-refractivity contribution in [2.75, 3.05) is 0 Å². The fourth-order valence-electron chi connectivity index (χ4n) is 2.87. The van der Waals surface area contributed by atoms with E-state index in [2.05, 4.69) is 5.32 Å². The summed E-state index contributed by atoms with van der Waals surface area (Å²) in [6, 6.07) is 0. The Balaban J connectivity index is 2.49. The Morgan fingerprint density at radius 1 is 1.00 bits per heavy atom. The molecule has 6 nitrogen and oxygen atoms in total. The third kappa shape index (κ3) is 3.96. The standard InChI is InChI=1S/C12H13Cl6NO5/c1-5(20)19-12-9(22-6(2)21,3-7(23-12)10(13,14)15)4-8(24-12)11(16,17)18/h7-8H,3-4H2,1-2H3,(H,19,20)/t7-,8-,9?,12?/m0/s1. The predicted molar refractivity (Wildman–Crippen MR) is 90.6 cm³/mol. The van der Waals surface area contributed by atoms with E-state index in [0.29, 0.717) is 0 Å². The Hall–Kier alpha value is 0.600. The van der Waals surface area contributed by atoms with Crippen molar-refractivity contribution in [2.24, 2.45) is 0 Å². The second kappa shape index (κ2) is 6.64. The van der Waals surface area contributed by atoms with Crippen LogP contribution < -0.4 is 5.32 Å². The molecule has 2 aliphatic heterocycles. The monoisotopic (exact) mass is 461 g/mol. The van der Waals surface area contributed by atoms with Crippen LogP contribution in [0.1, 0.15) is 26.7 Å². The number of esters is 1. The van der Waals surface area contributed by atoms with Gasteiger partial charge in [0.15, 0.2) is 5.60 Å². The van der Waals surface area contributed by atoms with Crippen LogP contribution in [0.2, 0.25) is 0 Å². The molecule has 2 atom stereocenters. The fourth-order valence-corrected chi connectivity index (χ4v) is 3.60. The van der Waals surface area contributed by atoms with E-state index >= 15 is 0 Å². The van der Waals surface area contributed by atoms with Gasteiger partial charge in [-0.25, -0.2) is 0 Å². The van der Waals surface area contributed by atoms with Gasteiger partial charge in [0.1, 0.15) is 12.2 Å². The van der Waals surface area contributed by atoms with Gasteiger partial charge >= 0.3 is 5.97 Å². The van der Waals surface area contributed by atoms with Gasteiger partial charge in [0, 0.05) is 26.7 Å². The summed E-state index contributed by atoms with van der Waals surface area (Å²) in [7, 11) is 0. The van der Waals surface area contributed by atoms with Gasteiger partial charge in [-0.3, -0.25) is 9.59 Å². The van der Waals surface area contributed by atoms with Gasteiger partial charge in [-0.15, -0.1) is 0 Å². The van der Waals surface area contributed by atoms with Gasteiger partial charge in [-0.1, -0.05) is 69.6 Å². The van der Waals surface area contributed by atoms with Crippen molar-refractivity contribution in [3.8, 4) is 0 Å². The normalized spacial score (nSPS) is 36.3. The molecule has 0 aromatic carbocycles. The molecule has 0 spiro atoms. The Labute approximate surface area is 168 Å². The van der Waals surface area contributed by atoms with Gasteiger partial charge in [-0.2, -0.15) is 0 Å². The summed E-state index contributed by atoms with van der Waals surface area (Å²) in [5.74, 6) is -3.14. The molecule has 0 saturated carbocycles. The summed E-state index contributed by atoms with van der Waals surface area (Å²) < 4.78 is 13.1. The molecule has 12 heteroatoms. The van der Waals surface area contributed by atoms with E-state index in [0.717, 1.165) is 0 Å². The molecule has 0 aliphatic carbocycles. The summed E-state index contributed by atoms with van der Waals surface area (Å²) in [5, 5.41) is 2.46. The zero-order valence-electron chi connectivity index (χ0n) is 12.4. The molecule has 0 unspecified atom stereocenters. The highest BCUT2D eigenvalue weighted by Crippen LogP contribution is 2.58. The molecule has 24 heavy (non-hydrogen) atoms. The number of hydrogen-bond donors (Lipinski definition) is 1. The maximum Gasteiger partial charge on any atom is 0.303 e. The maximum atomic E-state index is 11.7. The second-order valence-electron chi connectivity index (χ2n) is 5.59. The predicted octanol–water partition coefficient (Wildman–Crippen LogP) is 3.40. The van der Waals surface area contributed by atoms with Crippen molar-refractivity contribution < 1.29 is 23.8 Å². The third-order valence-electron chi connectivity index (χ3n) is 3.66. The lowest BCUT2D eigenvalue weighted by Gasteiger charge is -2.36. The summed E-state index contributed by atoms with van der Waals surface area (Å²) in [6.45, 7) is 2.39. The molecule has 0 aromatic heterocycles. The van der Waals surface area contributed by atoms with E-state index in [1.165, 1.54) is 13.8 Å². The zero-order valence-corrected chi connectivity index (χ0v) is 16.9. The molecular formula is C12H13Cl6NO5. The lowest BCUT2D eigenvalue weighted by Crippen LogP contribution is -2.61. The number of ether oxygens (including phenoxy) is 3. The van der Waals surface area contributed by atoms with Crippen LogP contribution in [0.25, 0.3) is 0 Å². The first-order chi connectivity index (χ1) is 10.7. The fraction of sp³-hybridized carbons (Fsp3) is 0.833. The van der Waals surface area contributed by atoms with Crippen LogP contribution in [-0.2, 0) is 23.8 Å². The second-order valence-corrected chi connectivity index (χ2v) is 10.3. The van der Waals surface area contributed by atoms with Crippen LogP contribution in [0.15, 0.2) is 0 Å². The minimum Gasteiger partial charge on any atom is -0.451 e. The van der Waals surface area contributed by atoms with Crippen LogP contribution in [0.5, 0.6) is 0 Å². The number of amides is 1. The van der Waals surface area contributed by atoms with Gasteiger partial charge in [0.2, 0.25) is 13.5 Å². The van der Waals surface area contributed by atoms with Crippen molar-refractivity contribution in [2.45, 2.75) is 58.0 Å². The first kappa shape index (κ1) is 20.9.